The van der Waals surface area contributed by atoms with Gasteiger partial charge in [-0.15, -0.1) is 0 Å². The lowest BCUT2D eigenvalue weighted by Gasteiger charge is -2.30. The van der Waals surface area contributed by atoms with E-state index in [9.17, 15) is 8.78 Å². The Bertz CT molecular complexity index is 291. The highest BCUT2D eigenvalue weighted by molar-refractivity contribution is 4.97. The normalized spacial score (nSPS) is 14.6. The Hall–Kier alpha value is -0.480. The van der Waals surface area contributed by atoms with E-state index in [-0.39, 0.29) is 17.7 Å². The third-order valence-corrected chi connectivity index (χ3v) is 2.72. The minimum atomic E-state index is -2.77. The fraction of sp³-hybridized carbons (Fsp3) is 0.867. The number of alkyl halides is 2. The van der Waals surface area contributed by atoms with Crippen LogP contribution in [0, 0.1) is 5.92 Å². The summed E-state index contributed by atoms with van der Waals surface area (Å²) < 4.78 is 32.2. The number of nitrogens with one attached hydrogen (secondary N) is 1. The van der Waals surface area contributed by atoms with E-state index in [0.29, 0.717) is 6.54 Å². The number of allylic oxidation sites excluding steroid dienone is 1. The van der Waals surface area contributed by atoms with Gasteiger partial charge in [0.25, 0.3) is 5.92 Å². The van der Waals surface area contributed by atoms with Crippen LogP contribution in [0.3, 0.4) is 0 Å². The summed E-state index contributed by atoms with van der Waals surface area (Å²) in [6, 6.07) is 0. The molecule has 0 saturated heterocycles. The molecule has 1 N–H and O–H groups in total. The van der Waals surface area contributed by atoms with Crippen molar-refractivity contribution in [3.8, 4) is 0 Å². The van der Waals surface area contributed by atoms with Gasteiger partial charge in [-0.05, 0) is 40.7 Å². The van der Waals surface area contributed by atoms with Crippen LogP contribution in [0.1, 0.15) is 48.5 Å². The second-order valence-corrected chi connectivity index (χ2v) is 6.91. The Morgan fingerprint density at radius 3 is 2.05 bits per heavy atom. The largest absolute Gasteiger partial charge is 0.370 e. The second-order valence-electron chi connectivity index (χ2n) is 6.91. The summed E-state index contributed by atoms with van der Waals surface area (Å²) in [4.78, 5) is 0. The quantitative estimate of drug-likeness (QED) is 0.710. The smallest absolute Gasteiger partial charge is 0.268 e. The van der Waals surface area contributed by atoms with Gasteiger partial charge in [0, 0.05) is 18.0 Å². The number of hydrogen-bond acceptors (Lipinski definition) is 2. The average molecular weight is 277 g/mol. The van der Waals surface area contributed by atoms with E-state index in [1.54, 1.807) is 0 Å². The maximum absolute atomic E-state index is 13.3. The van der Waals surface area contributed by atoms with E-state index in [1.807, 2.05) is 13.8 Å². The van der Waals surface area contributed by atoms with Gasteiger partial charge in [0.15, 0.2) is 0 Å². The lowest BCUT2D eigenvalue weighted by atomic mass is 10.0. The van der Waals surface area contributed by atoms with Crippen LogP contribution < -0.4 is 5.32 Å². The highest BCUT2D eigenvalue weighted by atomic mass is 19.3. The summed E-state index contributed by atoms with van der Waals surface area (Å²) in [5.74, 6) is -3.46. The van der Waals surface area contributed by atoms with Crippen molar-refractivity contribution in [1.29, 1.82) is 0 Å². The maximum atomic E-state index is 13.3. The zero-order valence-electron chi connectivity index (χ0n) is 13.3. The molecule has 0 radical (unpaired) electrons. The van der Waals surface area contributed by atoms with E-state index >= 15 is 0 Å². The maximum Gasteiger partial charge on any atom is 0.268 e. The SMILES string of the molecule is CC(C)C(F)(F)C=CCOC(C)(C)CNC(C)(C)C. The topological polar surface area (TPSA) is 21.3 Å². The first-order valence-corrected chi connectivity index (χ1v) is 6.80. The van der Waals surface area contributed by atoms with Gasteiger partial charge in [0.05, 0.1) is 12.2 Å². The molecule has 0 fully saturated rings. The summed E-state index contributed by atoms with van der Waals surface area (Å²) in [7, 11) is 0. The third-order valence-electron chi connectivity index (χ3n) is 2.72. The minimum Gasteiger partial charge on any atom is -0.370 e. The van der Waals surface area contributed by atoms with Crippen molar-refractivity contribution in [2.24, 2.45) is 5.92 Å². The van der Waals surface area contributed by atoms with Crippen molar-refractivity contribution < 1.29 is 13.5 Å². The molecule has 0 atom stereocenters. The van der Waals surface area contributed by atoms with Crippen molar-refractivity contribution in [2.75, 3.05) is 13.2 Å². The highest BCUT2D eigenvalue weighted by Gasteiger charge is 2.29. The lowest BCUT2D eigenvalue weighted by Crippen LogP contribution is -2.46. The van der Waals surface area contributed by atoms with Crippen LogP contribution in [0.4, 0.5) is 8.78 Å². The number of rotatable bonds is 7. The van der Waals surface area contributed by atoms with Gasteiger partial charge in [-0.25, -0.2) is 8.78 Å². The molecular weight excluding hydrogens is 248 g/mol. The first-order chi connectivity index (χ1) is 8.36. The van der Waals surface area contributed by atoms with Crippen molar-refractivity contribution in [3.05, 3.63) is 12.2 Å². The Morgan fingerprint density at radius 2 is 1.63 bits per heavy atom. The van der Waals surface area contributed by atoms with Crippen LogP contribution in [-0.4, -0.2) is 30.2 Å². The van der Waals surface area contributed by atoms with Crippen LogP contribution in [0.25, 0.3) is 0 Å². The first-order valence-electron chi connectivity index (χ1n) is 6.80. The van der Waals surface area contributed by atoms with Crippen molar-refractivity contribution in [2.45, 2.75) is 65.5 Å². The van der Waals surface area contributed by atoms with Gasteiger partial charge in [-0.2, -0.15) is 0 Å². The predicted molar refractivity (Wildman–Crippen MR) is 76.7 cm³/mol. The molecule has 0 saturated carbocycles. The van der Waals surface area contributed by atoms with Gasteiger partial charge in [0.1, 0.15) is 0 Å². The van der Waals surface area contributed by atoms with Crippen molar-refractivity contribution in [3.63, 3.8) is 0 Å². The third kappa shape index (κ3) is 9.11. The number of ether oxygens (including phenoxy) is 1. The minimum absolute atomic E-state index is 0.0150. The average Bonchev–Trinajstić information content (AvgIpc) is 2.21. The molecule has 0 aromatic rings. The molecule has 0 aromatic carbocycles. The van der Waals surface area contributed by atoms with Crippen LogP contribution in [-0.2, 0) is 4.74 Å². The molecule has 0 aromatic heterocycles. The molecule has 19 heavy (non-hydrogen) atoms. The van der Waals surface area contributed by atoms with Crippen molar-refractivity contribution in [1.82, 2.24) is 5.32 Å². The molecule has 0 aliphatic carbocycles. The van der Waals surface area contributed by atoms with Gasteiger partial charge < -0.3 is 10.1 Å². The zero-order chi connectivity index (χ0) is 15.3. The van der Waals surface area contributed by atoms with E-state index in [4.69, 9.17) is 4.74 Å². The Labute approximate surface area is 116 Å². The molecule has 0 rings (SSSR count). The van der Waals surface area contributed by atoms with Crippen LogP contribution >= 0.6 is 0 Å². The summed E-state index contributed by atoms with van der Waals surface area (Å²) in [5.41, 5.74) is -0.369. The zero-order valence-corrected chi connectivity index (χ0v) is 13.3. The molecule has 2 nitrogen and oxygen atoms in total. The molecule has 0 unspecified atom stereocenters. The number of hydrogen-bond donors (Lipinski definition) is 1. The van der Waals surface area contributed by atoms with Gasteiger partial charge >= 0.3 is 0 Å². The van der Waals surface area contributed by atoms with Gasteiger partial charge in [-0.1, -0.05) is 19.9 Å². The van der Waals surface area contributed by atoms with E-state index in [2.05, 4.69) is 26.1 Å². The van der Waals surface area contributed by atoms with Gasteiger partial charge in [0.2, 0.25) is 0 Å². The molecule has 0 aliphatic rings. The summed E-state index contributed by atoms with van der Waals surface area (Å²) >= 11 is 0. The van der Waals surface area contributed by atoms with Crippen LogP contribution in [0.2, 0.25) is 0 Å². The van der Waals surface area contributed by atoms with Crippen LogP contribution in [0.15, 0.2) is 12.2 Å². The highest BCUT2D eigenvalue weighted by Crippen LogP contribution is 2.25. The van der Waals surface area contributed by atoms with Crippen molar-refractivity contribution >= 4 is 0 Å². The van der Waals surface area contributed by atoms with Crippen LogP contribution in [0.5, 0.6) is 0 Å². The van der Waals surface area contributed by atoms with E-state index < -0.39 is 11.8 Å². The molecule has 4 heteroatoms. The van der Waals surface area contributed by atoms with Gasteiger partial charge in [-0.3, -0.25) is 0 Å². The van der Waals surface area contributed by atoms with E-state index in [1.165, 1.54) is 19.9 Å². The lowest BCUT2D eigenvalue weighted by molar-refractivity contribution is -0.00979. The molecule has 0 bridgehead atoms. The number of halogens is 2. The molecule has 0 amide bonds. The summed E-state index contributed by atoms with van der Waals surface area (Å²) in [5, 5.41) is 3.34. The van der Waals surface area contributed by atoms with E-state index in [0.717, 1.165) is 6.08 Å². The Kier molecular flexibility index (Phi) is 6.63. The fourth-order valence-electron chi connectivity index (χ4n) is 1.20. The Balaban J connectivity index is 4.15. The molecule has 0 heterocycles. The standard InChI is InChI=1S/C15H29F2NO/c1-12(2)15(16,17)9-8-10-19-14(6,7)11-18-13(3,4)5/h8-9,12,18H,10-11H2,1-7H3. The monoisotopic (exact) mass is 277 g/mol. The summed E-state index contributed by atoms with van der Waals surface area (Å²) in [6.45, 7) is 14.0. The molecule has 0 spiro atoms. The second kappa shape index (κ2) is 6.80. The molecule has 0 aliphatic heterocycles. The Morgan fingerprint density at radius 1 is 1.11 bits per heavy atom. The first kappa shape index (κ1) is 18.5. The molecular formula is C15H29F2NO. The predicted octanol–water partition coefficient (Wildman–Crippen LogP) is 4.02. The fourth-order valence-corrected chi connectivity index (χ4v) is 1.20. The summed E-state index contributed by atoms with van der Waals surface area (Å²) in [6.07, 6.45) is 2.34. The molecule has 114 valence electrons.